The van der Waals surface area contributed by atoms with E-state index in [1.54, 1.807) is 0 Å². The van der Waals surface area contributed by atoms with E-state index in [0.29, 0.717) is 6.42 Å². The van der Waals surface area contributed by atoms with E-state index in [-0.39, 0.29) is 68.9 Å². The van der Waals surface area contributed by atoms with Crippen LogP contribution in [0.2, 0.25) is 0 Å². The molecule has 0 amide bonds. The molecule has 0 aromatic heterocycles. The first-order valence-corrected chi connectivity index (χ1v) is 9.99. The van der Waals surface area contributed by atoms with E-state index in [0.717, 1.165) is 12.8 Å². The third-order valence-corrected chi connectivity index (χ3v) is 4.49. The first kappa shape index (κ1) is 26.7. The minimum absolute atomic E-state index is 0. The zero-order chi connectivity index (χ0) is 16.3. The van der Waals surface area contributed by atoms with Gasteiger partial charge in [-0.2, -0.15) is 0 Å². The fourth-order valence-corrected chi connectivity index (χ4v) is 3.00. The van der Waals surface area contributed by atoms with Crippen LogP contribution in [-0.4, -0.2) is 80.0 Å². The van der Waals surface area contributed by atoms with Gasteiger partial charge in [0.2, 0.25) is 0 Å². The van der Waals surface area contributed by atoms with Gasteiger partial charge in [-0.25, -0.2) is 0 Å². The second kappa shape index (κ2) is 23.5. The third-order valence-electron chi connectivity index (χ3n) is 4.49. The second-order valence-electron chi connectivity index (χ2n) is 6.80. The summed E-state index contributed by atoms with van der Waals surface area (Å²) in [5, 5.41) is 8.54. The quantitative estimate of drug-likeness (QED) is 0.245. The van der Waals surface area contributed by atoms with Gasteiger partial charge in [-0.15, -0.1) is 0 Å². The molecular weight excluding hydrogens is 405 g/mol. The molecule has 0 radical (unpaired) electrons. The van der Waals surface area contributed by atoms with Gasteiger partial charge in [0.1, 0.15) is 0 Å². The van der Waals surface area contributed by atoms with Gasteiger partial charge >= 0.3 is 74.9 Å². The summed E-state index contributed by atoms with van der Waals surface area (Å²) in [7, 11) is 0. The molecule has 0 saturated carbocycles. The molecule has 0 unspecified atom stereocenters. The van der Waals surface area contributed by atoms with Crippen molar-refractivity contribution >= 4 is 74.9 Å². The van der Waals surface area contributed by atoms with Crippen molar-refractivity contribution in [3.8, 4) is 0 Å². The van der Waals surface area contributed by atoms with Crippen LogP contribution in [0.4, 0.5) is 0 Å². The molecule has 2 nitrogen and oxygen atoms in total. The van der Waals surface area contributed by atoms with Crippen molar-refractivity contribution in [2.45, 2.75) is 122 Å². The number of hydrogen-bond donors (Lipinski definition) is 1. The van der Waals surface area contributed by atoms with Crippen LogP contribution in [0.5, 0.6) is 0 Å². The number of carboxylic acids is 1. The molecule has 134 valence electrons. The van der Waals surface area contributed by atoms with Gasteiger partial charge in [0.05, 0.1) is 0 Å². The van der Waals surface area contributed by atoms with E-state index in [9.17, 15) is 4.79 Å². The average molecular weight is 446 g/mol. The van der Waals surface area contributed by atoms with Crippen molar-refractivity contribution in [2.75, 3.05) is 0 Å². The summed E-state index contributed by atoms with van der Waals surface area (Å²) in [6.07, 6.45) is 23.1. The zero-order valence-corrected chi connectivity index (χ0v) is 15.1. The monoisotopic (exact) mass is 446 g/mol. The molecule has 0 bridgehead atoms. The maximum absolute atomic E-state index is 10.4. The third kappa shape index (κ3) is 25.9. The topological polar surface area (TPSA) is 37.3 Å². The fourth-order valence-electron chi connectivity index (χ4n) is 3.00. The molecule has 0 fully saturated rings. The molecule has 0 heterocycles. The van der Waals surface area contributed by atoms with Crippen molar-refractivity contribution < 1.29 is 9.90 Å². The van der Waals surface area contributed by atoms with Crippen LogP contribution >= 0.6 is 0 Å². The van der Waals surface area contributed by atoms with Gasteiger partial charge in [0, 0.05) is 6.42 Å². The Morgan fingerprint density at radius 1 is 0.565 bits per heavy atom. The Balaban J connectivity index is 0. The molecule has 0 aromatic carbocycles. The van der Waals surface area contributed by atoms with E-state index in [1.807, 2.05) is 0 Å². The number of carboxylic acid groups (broad SMARTS) is 1. The number of aliphatic carboxylic acids is 1. The molecule has 0 aliphatic carbocycles. The summed E-state index contributed by atoms with van der Waals surface area (Å²) < 4.78 is 0. The molecular formula is C20H41CsO2. The van der Waals surface area contributed by atoms with Crippen molar-refractivity contribution in [2.24, 2.45) is 0 Å². The number of hydrogen-bond acceptors (Lipinski definition) is 1. The van der Waals surface area contributed by atoms with Gasteiger partial charge in [-0.05, 0) is 6.42 Å². The Bertz CT molecular complexity index is 232. The molecule has 0 aliphatic rings. The standard InChI is InChI=1S/C20H40O2.Cs.H/c1-2-3-4-5-6-7-8-9-10-11-12-13-14-15-16-17-18-19-20(21)22;;/h2-19H2,1H3,(H,21,22);;. The molecule has 0 aliphatic heterocycles. The Hall–Kier alpha value is 1.52. The van der Waals surface area contributed by atoms with Crippen molar-refractivity contribution in [1.29, 1.82) is 0 Å². The Morgan fingerprint density at radius 2 is 0.826 bits per heavy atom. The second-order valence-corrected chi connectivity index (χ2v) is 6.80. The van der Waals surface area contributed by atoms with E-state index in [4.69, 9.17) is 5.11 Å². The average Bonchev–Trinajstić information content (AvgIpc) is 2.50. The summed E-state index contributed by atoms with van der Waals surface area (Å²) >= 11 is 0. The number of rotatable bonds is 18. The van der Waals surface area contributed by atoms with Gasteiger partial charge in [0.15, 0.2) is 0 Å². The predicted octanol–water partition coefficient (Wildman–Crippen LogP) is 6.46. The van der Waals surface area contributed by atoms with Gasteiger partial charge in [0.25, 0.3) is 0 Å². The molecule has 3 heteroatoms. The van der Waals surface area contributed by atoms with Crippen LogP contribution in [0.3, 0.4) is 0 Å². The van der Waals surface area contributed by atoms with Crippen molar-refractivity contribution in [3.63, 3.8) is 0 Å². The first-order chi connectivity index (χ1) is 10.8. The first-order valence-electron chi connectivity index (χ1n) is 9.99. The van der Waals surface area contributed by atoms with Crippen LogP contribution in [0.1, 0.15) is 122 Å². The summed E-state index contributed by atoms with van der Waals surface area (Å²) in [5.41, 5.74) is 0. The molecule has 23 heavy (non-hydrogen) atoms. The minimum atomic E-state index is -0.652. The van der Waals surface area contributed by atoms with E-state index < -0.39 is 5.97 Å². The van der Waals surface area contributed by atoms with Crippen LogP contribution in [0, 0.1) is 0 Å². The maximum atomic E-state index is 10.4. The van der Waals surface area contributed by atoms with E-state index >= 15 is 0 Å². The van der Waals surface area contributed by atoms with E-state index in [2.05, 4.69) is 6.92 Å². The fraction of sp³-hybridized carbons (Fsp3) is 0.950. The van der Waals surface area contributed by atoms with Crippen molar-refractivity contribution in [1.82, 2.24) is 0 Å². The zero-order valence-electron chi connectivity index (χ0n) is 15.1. The Morgan fingerprint density at radius 3 is 1.09 bits per heavy atom. The number of carbonyl (C=O) groups is 1. The van der Waals surface area contributed by atoms with Crippen LogP contribution in [0.25, 0.3) is 0 Å². The molecule has 0 aromatic rings. The predicted molar refractivity (Wildman–Crippen MR) is 104 cm³/mol. The number of unbranched alkanes of at least 4 members (excludes halogenated alkanes) is 16. The Labute approximate surface area is 204 Å². The SMILES string of the molecule is CCCCCCCCCCCCCCCCCCCC(=O)O.[CsH]. The molecule has 0 rings (SSSR count). The molecule has 0 spiro atoms. The molecule has 1 N–H and O–H groups in total. The normalized spacial score (nSPS) is 10.5. The summed E-state index contributed by atoms with van der Waals surface area (Å²) in [4.78, 5) is 10.4. The van der Waals surface area contributed by atoms with E-state index in [1.165, 1.54) is 96.3 Å². The molecule has 0 atom stereocenters. The van der Waals surface area contributed by atoms with Gasteiger partial charge in [-0.3, -0.25) is 4.79 Å². The summed E-state index contributed by atoms with van der Waals surface area (Å²) in [5.74, 6) is -0.652. The summed E-state index contributed by atoms with van der Waals surface area (Å²) in [6, 6.07) is 0. The van der Waals surface area contributed by atoms with Gasteiger partial charge in [-0.1, -0.05) is 110 Å². The van der Waals surface area contributed by atoms with Gasteiger partial charge < -0.3 is 5.11 Å². The van der Waals surface area contributed by atoms with Crippen LogP contribution in [0.15, 0.2) is 0 Å². The van der Waals surface area contributed by atoms with Crippen LogP contribution in [-0.2, 0) is 4.79 Å². The molecule has 0 saturated heterocycles. The Kier molecular flexibility index (Phi) is 27.4. The van der Waals surface area contributed by atoms with Crippen molar-refractivity contribution in [3.05, 3.63) is 0 Å². The summed E-state index contributed by atoms with van der Waals surface area (Å²) in [6.45, 7) is 2.28. The van der Waals surface area contributed by atoms with Crippen LogP contribution < -0.4 is 0 Å².